The van der Waals surface area contributed by atoms with Crippen LogP contribution in [-0.2, 0) is 0 Å². The van der Waals surface area contributed by atoms with E-state index in [0.717, 1.165) is 0 Å². The van der Waals surface area contributed by atoms with Crippen molar-refractivity contribution in [2.24, 2.45) is 5.73 Å². The average molecular weight is 172 g/mol. The third-order valence-corrected chi connectivity index (χ3v) is 2.16. The normalized spacial score (nSPS) is 14.1. The molecule has 0 aromatic heterocycles. The maximum absolute atomic E-state index is 5.78. The molecule has 0 rings (SSSR count). The third-order valence-electron chi connectivity index (χ3n) is 1.77. The molecule has 3 heteroatoms. The van der Waals surface area contributed by atoms with Gasteiger partial charge < -0.3 is 5.73 Å². The van der Waals surface area contributed by atoms with Crippen LogP contribution in [0.4, 0.5) is 0 Å². The molecule has 0 aliphatic heterocycles. The van der Waals surface area contributed by atoms with Gasteiger partial charge in [-0.15, -0.1) is 6.42 Å². The minimum absolute atomic E-state index is 0.0270. The Morgan fingerprint density at radius 1 is 1.73 bits per heavy atom. The van der Waals surface area contributed by atoms with E-state index < -0.39 is 0 Å². The minimum Gasteiger partial charge on any atom is -0.325 e. The van der Waals surface area contributed by atoms with E-state index in [9.17, 15) is 0 Å². The van der Waals surface area contributed by atoms with Gasteiger partial charge >= 0.3 is 0 Å². The molecule has 64 valence electrons. The Morgan fingerprint density at radius 3 is 2.64 bits per heavy atom. The number of hydrogen-bond donors (Lipinski definition) is 3. The molecule has 11 heavy (non-hydrogen) atoms. The van der Waals surface area contributed by atoms with Crippen LogP contribution in [0.1, 0.15) is 13.8 Å². The highest BCUT2D eigenvalue weighted by molar-refractivity contribution is 7.80. The molecule has 3 N–H and O–H groups in total. The summed E-state index contributed by atoms with van der Waals surface area (Å²) < 4.78 is 0. The quantitative estimate of drug-likeness (QED) is 0.420. The van der Waals surface area contributed by atoms with Gasteiger partial charge in [0.2, 0.25) is 0 Å². The van der Waals surface area contributed by atoms with Gasteiger partial charge in [-0.05, 0) is 13.8 Å². The van der Waals surface area contributed by atoms with Crippen molar-refractivity contribution in [2.45, 2.75) is 25.4 Å². The summed E-state index contributed by atoms with van der Waals surface area (Å²) in [6.45, 7) is 4.59. The second-order valence-electron chi connectivity index (χ2n) is 3.07. The monoisotopic (exact) mass is 172 g/mol. The van der Waals surface area contributed by atoms with Crippen LogP contribution < -0.4 is 11.1 Å². The molecule has 2 nitrogen and oxygen atoms in total. The van der Waals surface area contributed by atoms with E-state index in [2.05, 4.69) is 23.9 Å². The van der Waals surface area contributed by atoms with E-state index in [1.54, 1.807) is 0 Å². The summed E-state index contributed by atoms with van der Waals surface area (Å²) in [6.07, 6.45) is 5.10. The highest BCUT2D eigenvalue weighted by Crippen LogP contribution is 2.07. The molecule has 0 spiro atoms. The number of rotatable bonds is 4. The van der Waals surface area contributed by atoms with Gasteiger partial charge in [0.15, 0.2) is 0 Å². The summed E-state index contributed by atoms with van der Waals surface area (Å²) in [5, 5.41) is 3.15. The first-order valence-corrected chi connectivity index (χ1v) is 4.22. The van der Waals surface area contributed by atoms with Crippen LogP contribution in [0.5, 0.6) is 0 Å². The van der Waals surface area contributed by atoms with Crippen LogP contribution >= 0.6 is 12.6 Å². The summed E-state index contributed by atoms with van der Waals surface area (Å²) in [6, 6.07) is 0.0270. The lowest BCUT2D eigenvalue weighted by Crippen LogP contribution is -2.54. The van der Waals surface area contributed by atoms with Crippen molar-refractivity contribution in [1.82, 2.24) is 5.32 Å². The molecular formula is C8H16N2S. The summed E-state index contributed by atoms with van der Waals surface area (Å²) in [4.78, 5) is 0. The Balaban J connectivity index is 3.89. The summed E-state index contributed by atoms with van der Waals surface area (Å²) in [7, 11) is 0. The van der Waals surface area contributed by atoms with Crippen LogP contribution in [0.2, 0.25) is 0 Å². The smallest absolute Gasteiger partial charge is 0.0578 e. The molecule has 0 radical (unpaired) electrons. The molecule has 0 aromatic carbocycles. The van der Waals surface area contributed by atoms with Crippen molar-refractivity contribution in [3.05, 3.63) is 0 Å². The Bertz CT molecular complexity index is 149. The van der Waals surface area contributed by atoms with Crippen LogP contribution in [0.3, 0.4) is 0 Å². The lowest BCUT2D eigenvalue weighted by atomic mass is 9.97. The summed E-state index contributed by atoms with van der Waals surface area (Å²) >= 11 is 4.11. The Morgan fingerprint density at radius 2 is 2.27 bits per heavy atom. The molecule has 0 amide bonds. The molecule has 0 saturated heterocycles. The Labute approximate surface area is 74.3 Å². The molecular weight excluding hydrogens is 156 g/mol. The fraction of sp³-hybridized carbons (Fsp3) is 0.750. The SMILES string of the molecule is C#CCNC(C)(C)C(N)CS. The van der Waals surface area contributed by atoms with Crippen molar-refractivity contribution in [3.63, 3.8) is 0 Å². The van der Waals surface area contributed by atoms with Crippen molar-refractivity contribution in [2.75, 3.05) is 12.3 Å². The van der Waals surface area contributed by atoms with E-state index in [4.69, 9.17) is 12.2 Å². The largest absolute Gasteiger partial charge is 0.325 e. The highest BCUT2D eigenvalue weighted by atomic mass is 32.1. The predicted molar refractivity (Wildman–Crippen MR) is 52.7 cm³/mol. The van der Waals surface area contributed by atoms with Gasteiger partial charge in [-0.25, -0.2) is 0 Å². The summed E-state index contributed by atoms with van der Waals surface area (Å²) in [5.74, 6) is 3.17. The van der Waals surface area contributed by atoms with Crippen molar-refractivity contribution < 1.29 is 0 Å². The van der Waals surface area contributed by atoms with Gasteiger partial charge in [0, 0.05) is 17.3 Å². The van der Waals surface area contributed by atoms with Crippen molar-refractivity contribution in [3.8, 4) is 12.3 Å². The average Bonchev–Trinajstić information content (AvgIpc) is 1.99. The van der Waals surface area contributed by atoms with Gasteiger partial charge in [0.05, 0.1) is 6.54 Å². The fourth-order valence-corrected chi connectivity index (χ4v) is 1.09. The van der Waals surface area contributed by atoms with E-state index >= 15 is 0 Å². The highest BCUT2D eigenvalue weighted by Gasteiger charge is 2.23. The molecule has 0 fully saturated rings. The zero-order valence-corrected chi connectivity index (χ0v) is 7.99. The molecule has 0 aliphatic rings. The zero-order chi connectivity index (χ0) is 8.91. The first kappa shape index (κ1) is 10.8. The zero-order valence-electron chi connectivity index (χ0n) is 7.09. The van der Waals surface area contributed by atoms with Crippen LogP contribution in [-0.4, -0.2) is 23.9 Å². The number of nitrogens with two attached hydrogens (primary N) is 1. The topological polar surface area (TPSA) is 38.0 Å². The summed E-state index contributed by atoms with van der Waals surface area (Å²) in [5.41, 5.74) is 5.65. The van der Waals surface area contributed by atoms with Crippen molar-refractivity contribution >= 4 is 12.6 Å². The maximum atomic E-state index is 5.78. The standard InChI is InChI=1S/C8H16N2S/c1-4-5-10-8(2,3)7(9)6-11/h1,7,10-11H,5-6,9H2,2-3H3. The number of terminal acetylenes is 1. The van der Waals surface area contributed by atoms with Crippen molar-refractivity contribution in [1.29, 1.82) is 0 Å². The van der Waals surface area contributed by atoms with Crippen LogP contribution in [0.15, 0.2) is 0 Å². The third kappa shape index (κ3) is 3.66. The maximum Gasteiger partial charge on any atom is 0.0578 e. The minimum atomic E-state index is -0.131. The molecule has 0 saturated carbocycles. The molecule has 0 aromatic rings. The molecule has 0 bridgehead atoms. The number of nitrogens with one attached hydrogen (secondary N) is 1. The van der Waals surface area contributed by atoms with E-state index in [-0.39, 0.29) is 11.6 Å². The van der Waals surface area contributed by atoms with E-state index in [1.807, 2.05) is 13.8 Å². The molecule has 0 aliphatic carbocycles. The Kier molecular flexibility index (Phi) is 4.58. The van der Waals surface area contributed by atoms with E-state index in [1.165, 1.54) is 0 Å². The van der Waals surface area contributed by atoms with Gasteiger partial charge in [0.1, 0.15) is 0 Å². The number of hydrogen-bond acceptors (Lipinski definition) is 3. The second-order valence-corrected chi connectivity index (χ2v) is 3.43. The first-order valence-electron chi connectivity index (χ1n) is 3.59. The Hall–Kier alpha value is -0.170. The van der Waals surface area contributed by atoms with E-state index in [0.29, 0.717) is 12.3 Å². The fourth-order valence-electron chi connectivity index (χ4n) is 0.638. The molecule has 1 atom stereocenters. The number of thiol groups is 1. The van der Waals surface area contributed by atoms with Crippen LogP contribution in [0.25, 0.3) is 0 Å². The lowest BCUT2D eigenvalue weighted by molar-refractivity contribution is 0.353. The lowest BCUT2D eigenvalue weighted by Gasteiger charge is -2.31. The van der Waals surface area contributed by atoms with Gasteiger partial charge in [0.25, 0.3) is 0 Å². The predicted octanol–water partition coefficient (Wildman–Crippen LogP) is 0.245. The first-order chi connectivity index (χ1) is 5.04. The molecule has 0 heterocycles. The second kappa shape index (κ2) is 4.66. The van der Waals surface area contributed by atoms with Gasteiger partial charge in [-0.1, -0.05) is 5.92 Å². The molecule has 1 unspecified atom stereocenters. The van der Waals surface area contributed by atoms with Gasteiger partial charge in [-0.2, -0.15) is 12.6 Å². The van der Waals surface area contributed by atoms with Gasteiger partial charge in [-0.3, -0.25) is 5.32 Å². The van der Waals surface area contributed by atoms with Crippen LogP contribution in [0, 0.1) is 12.3 Å².